The summed E-state index contributed by atoms with van der Waals surface area (Å²) in [6.07, 6.45) is 11.7. The van der Waals surface area contributed by atoms with Gasteiger partial charge < -0.3 is 11.1 Å². The first-order valence-electron chi connectivity index (χ1n) is 9.47. The van der Waals surface area contributed by atoms with Crippen molar-refractivity contribution in [1.82, 2.24) is 5.32 Å². The van der Waals surface area contributed by atoms with E-state index in [0.29, 0.717) is 6.41 Å². The second-order valence-electron chi connectivity index (χ2n) is 6.94. The number of hydrogen-bond acceptors (Lipinski definition) is 2. The van der Waals surface area contributed by atoms with Crippen molar-refractivity contribution in [1.29, 1.82) is 0 Å². The second-order valence-corrected chi connectivity index (χ2v) is 7.35. The van der Waals surface area contributed by atoms with Crippen LogP contribution in [0.25, 0.3) is 0 Å². The molecule has 2 fully saturated rings. The van der Waals surface area contributed by atoms with Crippen LogP contribution in [0.5, 0.6) is 0 Å². The highest BCUT2D eigenvalue weighted by atomic mass is 35.5. The zero-order valence-electron chi connectivity index (χ0n) is 15.8. The van der Waals surface area contributed by atoms with Crippen molar-refractivity contribution in [2.45, 2.75) is 70.8 Å². The molecule has 7 heteroatoms. The first-order chi connectivity index (χ1) is 12.9. The molecule has 1 aromatic rings. The van der Waals surface area contributed by atoms with Crippen molar-refractivity contribution in [3.63, 3.8) is 0 Å². The van der Waals surface area contributed by atoms with Gasteiger partial charge in [0.1, 0.15) is 11.6 Å². The Hall–Kier alpha value is -1.69. The number of carbonyl (C=O) groups excluding carboxylic acids is 2. The summed E-state index contributed by atoms with van der Waals surface area (Å²) >= 11 is 5.68. The van der Waals surface area contributed by atoms with Crippen molar-refractivity contribution in [3.8, 4) is 0 Å². The Bertz CT molecular complexity index is 592. The quantitative estimate of drug-likeness (QED) is 0.547. The summed E-state index contributed by atoms with van der Waals surface area (Å²) in [5, 5.41) is 2.41. The number of halogens is 3. The average molecular weight is 403 g/mol. The van der Waals surface area contributed by atoms with E-state index in [1.165, 1.54) is 45.1 Å². The Morgan fingerprint density at radius 3 is 2.07 bits per heavy atom. The van der Waals surface area contributed by atoms with Crippen LogP contribution in [0.1, 0.15) is 76.3 Å². The average Bonchev–Trinajstić information content (AvgIpc) is 3.33. The third-order valence-corrected chi connectivity index (χ3v) is 5.05. The first kappa shape index (κ1) is 23.3. The summed E-state index contributed by atoms with van der Waals surface area (Å²) in [4.78, 5) is 19.9. The van der Waals surface area contributed by atoms with Crippen LogP contribution < -0.4 is 11.1 Å². The van der Waals surface area contributed by atoms with E-state index in [4.69, 9.17) is 11.6 Å². The molecule has 0 aromatic heterocycles. The van der Waals surface area contributed by atoms with Crippen LogP contribution in [-0.4, -0.2) is 12.3 Å². The molecule has 3 N–H and O–H groups in total. The number of hydrogen-bond donors (Lipinski definition) is 2. The zero-order valence-corrected chi connectivity index (χ0v) is 16.5. The zero-order chi connectivity index (χ0) is 20.2. The molecule has 4 nitrogen and oxygen atoms in total. The van der Waals surface area contributed by atoms with Crippen LogP contribution in [0.15, 0.2) is 12.1 Å². The Morgan fingerprint density at radius 2 is 1.63 bits per heavy atom. The van der Waals surface area contributed by atoms with Gasteiger partial charge in [-0.1, -0.05) is 56.5 Å². The maximum atomic E-state index is 14.0. The maximum Gasteiger partial charge on any atom is 0.214 e. The SMILES string of the molecule is C1CCCC1.CC(N)=O.O=CNC(c1c(F)ccc(Cl)c1F)C1CCCC1. The van der Waals surface area contributed by atoms with E-state index in [1.807, 2.05) is 0 Å². The third-order valence-electron chi connectivity index (χ3n) is 4.76. The molecule has 2 saturated carbocycles. The van der Waals surface area contributed by atoms with Crippen molar-refractivity contribution < 1.29 is 18.4 Å². The molecule has 0 radical (unpaired) electrons. The predicted molar refractivity (Wildman–Crippen MR) is 103 cm³/mol. The number of carbonyl (C=O) groups is 2. The molecule has 2 aliphatic rings. The fourth-order valence-corrected chi connectivity index (χ4v) is 3.70. The Morgan fingerprint density at radius 1 is 1.15 bits per heavy atom. The summed E-state index contributed by atoms with van der Waals surface area (Å²) < 4.78 is 27.8. The molecule has 1 atom stereocenters. The molecular weight excluding hydrogens is 374 g/mol. The maximum absolute atomic E-state index is 14.0. The van der Waals surface area contributed by atoms with Crippen LogP contribution in [0.4, 0.5) is 8.78 Å². The van der Waals surface area contributed by atoms with Gasteiger partial charge in [-0.3, -0.25) is 9.59 Å². The highest BCUT2D eigenvalue weighted by Crippen LogP contribution is 2.38. The summed E-state index contributed by atoms with van der Waals surface area (Å²) in [5.74, 6) is -1.70. The van der Waals surface area contributed by atoms with Gasteiger partial charge in [0.15, 0.2) is 0 Å². The molecule has 2 amide bonds. The third kappa shape index (κ3) is 8.24. The topological polar surface area (TPSA) is 72.2 Å². The summed E-state index contributed by atoms with van der Waals surface area (Å²) in [7, 11) is 0. The van der Waals surface area contributed by atoms with Crippen molar-refractivity contribution in [3.05, 3.63) is 34.4 Å². The van der Waals surface area contributed by atoms with E-state index in [2.05, 4.69) is 11.1 Å². The minimum atomic E-state index is -0.775. The minimum absolute atomic E-state index is 0.0673. The Kier molecular flexibility index (Phi) is 10.9. The van der Waals surface area contributed by atoms with Gasteiger partial charge in [0.2, 0.25) is 12.3 Å². The fourth-order valence-electron chi connectivity index (χ4n) is 3.53. The number of benzene rings is 1. The van der Waals surface area contributed by atoms with Crippen LogP contribution >= 0.6 is 11.6 Å². The monoisotopic (exact) mass is 402 g/mol. The normalized spacial score (nSPS) is 17.2. The molecule has 0 saturated heterocycles. The van der Waals surface area contributed by atoms with Crippen molar-refractivity contribution in [2.24, 2.45) is 11.7 Å². The van der Waals surface area contributed by atoms with E-state index in [-0.39, 0.29) is 22.4 Å². The van der Waals surface area contributed by atoms with Gasteiger partial charge in [-0.15, -0.1) is 0 Å². The van der Waals surface area contributed by atoms with Gasteiger partial charge in [-0.25, -0.2) is 8.78 Å². The molecule has 0 spiro atoms. The minimum Gasteiger partial charge on any atom is -0.370 e. The number of nitrogens with two attached hydrogens (primary N) is 1. The van der Waals surface area contributed by atoms with Crippen molar-refractivity contribution >= 4 is 23.9 Å². The number of primary amides is 1. The molecule has 3 rings (SSSR count). The largest absolute Gasteiger partial charge is 0.370 e. The van der Waals surface area contributed by atoms with Gasteiger partial charge in [0.25, 0.3) is 0 Å². The highest BCUT2D eigenvalue weighted by molar-refractivity contribution is 6.30. The van der Waals surface area contributed by atoms with Gasteiger partial charge >= 0.3 is 0 Å². The molecule has 1 unspecified atom stereocenters. The van der Waals surface area contributed by atoms with E-state index in [9.17, 15) is 18.4 Å². The summed E-state index contributed by atoms with van der Waals surface area (Å²) in [6.45, 7) is 1.31. The predicted octanol–water partition coefficient (Wildman–Crippen LogP) is 5.04. The summed E-state index contributed by atoms with van der Waals surface area (Å²) in [5.41, 5.74) is 4.35. The molecule has 152 valence electrons. The molecular formula is C20H29ClF2N2O2. The van der Waals surface area contributed by atoms with Gasteiger partial charge in [0.05, 0.1) is 11.1 Å². The second kappa shape index (κ2) is 12.7. The Labute approximate surface area is 164 Å². The molecule has 2 aliphatic carbocycles. The highest BCUT2D eigenvalue weighted by Gasteiger charge is 2.31. The first-order valence-corrected chi connectivity index (χ1v) is 9.85. The fraction of sp³-hybridized carbons (Fsp3) is 0.600. The molecule has 1 aromatic carbocycles. The summed E-state index contributed by atoms with van der Waals surface area (Å²) in [6, 6.07) is 1.68. The van der Waals surface area contributed by atoms with E-state index < -0.39 is 17.7 Å². The van der Waals surface area contributed by atoms with E-state index in [0.717, 1.165) is 31.7 Å². The lowest BCUT2D eigenvalue weighted by Crippen LogP contribution is -2.28. The van der Waals surface area contributed by atoms with E-state index in [1.54, 1.807) is 0 Å². The molecule has 0 heterocycles. The van der Waals surface area contributed by atoms with Crippen LogP contribution in [0, 0.1) is 17.6 Å². The van der Waals surface area contributed by atoms with Gasteiger partial charge in [-0.05, 0) is 30.9 Å². The Balaban J connectivity index is 0.000000333. The van der Waals surface area contributed by atoms with Gasteiger partial charge in [-0.2, -0.15) is 0 Å². The van der Waals surface area contributed by atoms with Crippen LogP contribution in [0.3, 0.4) is 0 Å². The van der Waals surface area contributed by atoms with Crippen LogP contribution in [-0.2, 0) is 9.59 Å². The molecule has 0 aliphatic heterocycles. The number of rotatable bonds is 4. The standard InChI is InChI=1S/C13H14ClF2NO.C5H10.C2H5NO/c14-9-5-6-10(15)11(12(9)16)13(17-7-18)8-3-1-2-4-8;1-2-4-5-3-1;1-2(3)4/h5-8,13H,1-4H2,(H,17,18);1-5H2;1H3,(H2,3,4). The number of amides is 2. The van der Waals surface area contributed by atoms with Gasteiger partial charge in [0, 0.05) is 12.5 Å². The van der Waals surface area contributed by atoms with Crippen LogP contribution in [0.2, 0.25) is 5.02 Å². The lowest BCUT2D eigenvalue weighted by atomic mass is 9.91. The van der Waals surface area contributed by atoms with E-state index >= 15 is 0 Å². The lowest BCUT2D eigenvalue weighted by Gasteiger charge is -2.24. The van der Waals surface area contributed by atoms with Crippen molar-refractivity contribution in [2.75, 3.05) is 0 Å². The lowest BCUT2D eigenvalue weighted by molar-refractivity contribution is -0.116. The molecule has 27 heavy (non-hydrogen) atoms. The smallest absolute Gasteiger partial charge is 0.214 e. The number of nitrogens with one attached hydrogen (secondary N) is 1. The molecule has 0 bridgehead atoms.